The van der Waals surface area contributed by atoms with Gasteiger partial charge in [-0.05, 0) is 50.6 Å². The van der Waals surface area contributed by atoms with Gasteiger partial charge in [-0.2, -0.15) is 0 Å². The van der Waals surface area contributed by atoms with E-state index in [2.05, 4.69) is 5.32 Å². The Balaban J connectivity index is 1.81. The van der Waals surface area contributed by atoms with Crippen LogP contribution < -0.4 is 11.1 Å². The molecule has 2 aromatic carbocycles. The molecule has 0 aliphatic carbocycles. The average Bonchev–Trinajstić information content (AvgIpc) is 2.81. The zero-order valence-electron chi connectivity index (χ0n) is 16.1. The fraction of sp³-hybridized carbons (Fsp3) is 0.400. The summed E-state index contributed by atoms with van der Waals surface area (Å²) >= 11 is 0. The Hall–Kier alpha value is -2.38. The van der Waals surface area contributed by atoms with Gasteiger partial charge in [0.05, 0.1) is 17.1 Å². The monoisotopic (exact) mass is 368 g/mol. The van der Waals surface area contributed by atoms with Gasteiger partial charge < -0.3 is 20.4 Å². The number of amides is 2. The number of carbonyl (C=O) groups excluding carboxylic acids is 2. The van der Waals surface area contributed by atoms with Crippen LogP contribution in [0.25, 0.3) is 10.8 Å². The van der Waals surface area contributed by atoms with Crippen molar-refractivity contribution in [1.82, 2.24) is 5.32 Å². The molecule has 0 bridgehead atoms. The zero-order valence-corrected chi connectivity index (χ0v) is 16.1. The second kappa shape index (κ2) is 6.98. The van der Waals surface area contributed by atoms with Crippen LogP contribution in [0.2, 0.25) is 0 Å². The summed E-state index contributed by atoms with van der Waals surface area (Å²) in [6.45, 7) is 7.66. The maximum absolute atomic E-state index is 12.8. The molecule has 2 aromatic rings. The molecular weight excluding hydrogens is 343 g/mol. The Bertz CT molecular complexity index is 865. The topological polar surface area (TPSA) is 90.6 Å². The largest absolute Gasteiger partial charge is 0.482 e. The molecule has 1 saturated heterocycles. The summed E-state index contributed by atoms with van der Waals surface area (Å²) in [5, 5.41) is 4.87. The van der Waals surface area contributed by atoms with E-state index < -0.39 is 30.2 Å². The first-order chi connectivity index (χ1) is 12.6. The molecule has 6 nitrogen and oxygen atoms in total. The number of hydrogen-bond donors (Lipinski definition) is 2. The summed E-state index contributed by atoms with van der Waals surface area (Å²) < 4.78 is 12.0. The highest BCUT2D eigenvalue weighted by atomic mass is 16.7. The molecule has 3 rings (SSSR count). The molecule has 7 heteroatoms. The van der Waals surface area contributed by atoms with Crippen LogP contribution in [0.1, 0.15) is 44.5 Å². The van der Waals surface area contributed by atoms with Crippen LogP contribution in [0.15, 0.2) is 42.5 Å². The minimum Gasteiger partial charge on any atom is -0.402 e. The van der Waals surface area contributed by atoms with Crippen LogP contribution in [-0.2, 0) is 14.1 Å². The average molecular weight is 368 g/mol. The number of primary amides is 1. The van der Waals surface area contributed by atoms with Crippen molar-refractivity contribution in [2.75, 3.05) is 0 Å². The third-order valence-corrected chi connectivity index (χ3v) is 5.35. The van der Waals surface area contributed by atoms with Gasteiger partial charge in [0, 0.05) is 12.0 Å². The van der Waals surface area contributed by atoms with Crippen molar-refractivity contribution in [1.29, 1.82) is 0 Å². The molecule has 0 aromatic heterocycles. The van der Waals surface area contributed by atoms with Crippen molar-refractivity contribution < 1.29 is 18.9 Å². The first kappa shape index (κ1) is 19.4. The fourth-order valence-corrected chi connectivity index (χ4v) is 3.07. The van der Waals surface area contributed by atoms with Crippen LogP contribution in [0.3, 0.4) is 0 Å². The van der Waals surface area contributed by atoms with Crippen molar-refractivity contribution in [3.8, 4) is 0 Å². The van der Waals surface area contributed by atoms with E-state index in [1.807, 2.05) is 64.1 Å². The first-order valence-electron chi connectivity index (χ1n) is 9.03. The molecule has 1 unspecified atom stereocenters. The van der Waals surface area contributed by atoms with Gasteiger partial charge >= 0.3 is 7.12 Å². The van der Waals surface area contributed by atoms with Crippen molar-refractivity contribution in [2.45, 2.75) is 51.3 Å². The van der Waals surface area contributed by atoms with E-state index in [-0.39, 0.29) is 12.3 Å². The Labute approximate surface area is 159 Å². The number of nitrogens with one attached hydrogen (secondary N) is 1. The van der Waals surface area contributed by atoms with Gasteiger partial charge in [-0.15, -0.1) is 0 Å². The predicted octanol–water partition coefficient (Wildman–Crippen LogP) is 2.45. The molecule has 1 atom stereocenters. The van der Waals surface area contributed by atoms with Gasteiger partial charge in [-0.25, -0.2) is 0 Å². The van der Waals surface area contributed by atoms with E-state index in [1.54, 1.807) is 6.07 Å². The van der Waals surface area contributed by atoms with Crippen molar-refractivity contribution in [3.63, 3.8) is 0 Å². The SMILES string of the molecule is CC1(C)OB(C(CC(N)=O)NC(=O)c2ccc3ccccc3c2)OC1(C)C. The Morgan fingerprint density at radius 1 is 1.04 bits per heavy atom. The molecular formula is C20H25BN2O4. The van der Waals surface area contributed by atoms with Crippen LogP contribution in [0.4, 0.5) is 0 Å². The lowest BCUT2D eigenvalue weighted by Crippen LogP contribution is -2.50. The van der Waals surface area contributed by atoms with Crippen LogP contribution >= 0.6 is 0 Å². The maximum atomic E-state index is 12.8. The standard InChI is InChI=1S/C20H25BN2O4/c1-19(2)20(3,4)27-21(26-19)16(12-17(22)24)23-18(25)15-10-9-13-7-5-6-8-14(13)11-15/h5-11,16H,12H2,1-4H3,(H2,22,24)(H,23,25). The van der Waals surface area contributed by atoms with Crippen molar-refractivity contribution in [2.24, 2.45) is 5.73 Å². The van der Waals surface area contributed by atoms with Crippen LogP contribution in [0.5, 0.6) is 0 Å². The predicted molar refractivity (Wildman–Crippen MR) is 105 cm³/mol. The molecule has 27 heavy (non-hydrogen) atoms. The Kier molecular flexibility index (Phi) is 5.01. The van der Waals surface area contributed by atoms with E-state index in [4.69, 9.17) is 15.0 Å². The molecule has 0 spiro atoms. The molecule has 3 N–H and O–H groups in total. The third kappa shape index (κ3) is 3.99. The van der Waals surface area contributed by atoms with E-state index in [0.717, 1.165) is 10.8 Å². The van der Waals surface area contributed by atoms with Gasteiger partial charge in [0.25, 0.3) is 5.91 Å². The minimum absolute atomic E-state index is 0.0733. The van der Waals surface area contributed by atoms with E-state index in [0.29, 0.717) is 5.56 Å². The lowest BCUT2D eigenvalue weighted by Gasteiger charge is -2.32. The number of carbonyl (C=O) groups is 2. The molecule has 1 fully saturated rings. The van der Waals surface area contributed by atoms with Crippen molar-refractivity contribution in [3.05, 3.63) is 48.0 Å². The highest BCUT2D eigenvalue weighted by Gasteiger charge is 2.54. The first-order valence-corrected chi connectivity index (χ1v) is 9.03. The lowest BCUT2D eigenvalue weighted by atomic mass is 9.76. The molecule has 1 heterocycles. The molecule has 0 saturated carbocycles. The maximum Gasteiger partial charge on any atom is 0.482 e. The van der Waals surface area contributed by atoms with Crippen molar-refractivity contribution >= 4 is 29.7 Å². The quantitative estimate of drug-likeness (QED) is 0.794. The summed E-state index contributed by atoms with van der Waals surface area (Å²) in [6, 6.07) is 13.3. The fourth-order valence-electron chi connectivity index (χ4n) is 3.07. The molecule has 142 valence electrons. The van der Waals surface area contributed by atoms with Crippen LogP contribution in [0, 0.1) is 0 Å². The highest BCUT2D eigenvalue weighted by molar-refractivity contribution is 6.48. The number of fused-ring (bicyclic) bond motifs is 1. The molecule has 1 aliphatic heterocycles. The van der Waals surface area contributed by atoms with Crippen LogP contribution in [-0.4, -0.2) is 36.1 Å². The van der Waals surface area contributed by atoms with Gasteiger partial charge in [0.2, 0.25) is 5.91 Å². The minimum atomic E-state index is -0.757. The summed E-state index contributed by atoms with van der Waals surface area (Å²) in [5.41, 5.74) is 4.75. The van der Waals surface area contributed by atoms with Gasteiger partial charge in [0.15, 0.2) is 0 Å². The van der Waals surface area contributed by atoms with Gasteiger partial charge in [-0.3, -0.25) is 9.59 Å². The third-order valence-electron chi connectivity index (χ3n) is 5.35. The van der Waals surface area contributed by atoms with E-state index in [1.165, 1.54) is 0 Å². The van der Waals surface area contributed by atoms with E-state index >= 15 is 0 Å². The molecule has 1 aliphatic rings. The highest BCUT2D eigenvalue weighted by Crippen LogP contribution is 2.37. The summed E-state index contributed by atoms with van der Waals surface area (Å²) in [6.07, 6.45) is -0.0733. The molecule has 2 amide bonds. The van der Waals surface area contributed by atoms with Gasteiger partial charge in [-0.1, -0.05) is 30.3 Å². The number of rotatable bonds is 5. The normalized spacial score (nSPS) is 19.0. The second-order valence-electron chi connectivity index (χ2n) is 7.94. The summed E-state index contributed by atoms with van der Waals surface area (Å²) in [7, 11) is -0.757. The number of nitrogens with two attached hydrogens (primary N) is 1. The Morgan fingerprint density at radius 2 is 1.63 bits per heavy atom. The lowest BCUT2D eigenvalue weighted by molar-refractivity contribution is -0.118. The molecule has 0 radical (unpaired) electrons. The second-order valence-corrected chi connectivity index (χ2v) is 7.94. The zero-order chi connectivity index (χ0) is 19.8. The summed E-state index contributed by atoms with van der Waals surface area (Å²) in [4.78, 5) is 24.3. The number of hydrogen-bond acceptors (Lipinski definition) is 4. The smallest absolute Gasteiger partial charge is 0.402 e. The van der Waals surface area contributed by atoms with Gasteiger partial charge in [0.1, 0.15) is 0 Å². The van der Waals surface area contributed by atoms with E-state index in [9.17, 15) is 9.59 Å². The number of benzene rings is 2. The Morgan fingerprint density at radius 3 is 2.22 bits per heavy atom. The summed E-state index contributed by atoms with van der Waals surface area (Å²) in [5.74, 6) is -1.52.